The first-order valence-electron chi connectivity index (χ1n) is 7.59. The van der Waals surface area contributed by atoms with E-state index in [2.05, 4.69) is 4.99 Å². The molecule has 0 amide bonds. The molecule has 1 N–H and O–H groups in total. The molecule has 1 aliphatic rings. The third-order valence-corrected chi connectivity index (χ3v) is 4.37. The largest absolute Gasteiger partial charge is 0.480 e. The van der Waals surface area contributed by atoms with Crippen molar-refractivity contribution in [3.63, 3.8) is 0 Å². The lowest BCUT2D eigenvalue weighted by Gasteiger charge is -2.33. The Morgan fingerprint density at radius 2 is 1.57 bits per heavy atom. The summed E-state index contributed by atoms with van der Waals surface area (Å²) in [5.74, 6) is -1.08. The Morgan fingerprint density at radius 1 is 0.870 bits per heavy atom. The molecule has 0 saturated carbocycles. The summed E-state index contributed by atoms with van der Waals surface area (Å²) < 4.78 is 0. The van der Waals surface area contributed by atoms with Gasteiger partial charge in [0, 0.05) is 0 Å². The fourth-order valence-corrected chi connectivity index (χ4v) is 3.27. The highest BCUT2D eigenvalue weighted by Crippen LogP contribution is 2.38. The first-order chi connectivity index (χ1) is 11.3. The first kappa shape index (κ1) is 13.7. The van der Waals surface area contributed by atoms with Crippen molar-refractivity contribution in [2.75, 3.05) is 0 Å². The molecule has 0 aliphatic carbocycles. The third kappa shape index (κ3) is 2.21. The molecule has 0 unspecified atom stereocenters. The summed E-state index contributed by atoms with van der Waals surface area (Å²) in [4.78, 5) is 15.9. The number of aliphatic carboxylic acids is 1. The Balaban J connectivity index is 1.88. The average Bonchev–Trinajstić information content (AvgIpc) is 2.55. The summed E-state index contributed by atoms with van der Waals surface area (Å²) in [6, 6.07) is 23.2. The average molecular weight is 301 g/mol. The topological polar surface area (TPSA) is 49.7 Å². The van der Waals surface area contributed by atoms with E-state index in [1.165, 1.54) is 0 Å². The second-order valence-corrected chi connectivity index (χ2v) is 5.71. The maximum absolute atomic E-state index is 11.6. The van der Waals surface area contributed by atoms with Gasteiger partial charge in [-0.25, -0.2) is 4.79 Å². The lowest BCUT2D eigenvalue weighted by atomic mass is 9.77. The predicted octanol–water partition coefficient (Wildman–Crippen LogP) is 3.88. The molecule has 3 heteroatoms. The molecule has 0 spiro atoms. The van der Waals surface area contributed by atoms with E-state index in [1.807, 2.05) is 72.8 Å². The minimum Gasteiger partial charge on any atom is -0.480 e. The Morgan fingerprint density at radius 3 is 2.35 bits per heavy atom. The molecule has 3 aromatic rings. The van der Waals surface area contributed by atoms with Crippen molar-refractivity contribution in [3.05, 3.63) is 83.9 Å². The third-order valence-electron chi connectivity index (χ3n) is 4.37. The molecule has 112 valence electrons. The molecule has 3 aromatic carbocycles. The summed E-state index contributed by atoms with van der Waals surface area (Å²) in [7, 11) is 0. The summed E-state index contributed by atoms with van der Waals surface area (Å²) in [5.41, 5.74) is 2.88. The van der Waals surface area contributed by atoms with Crippen LogP contribution < -0.4 is 0 Å². The molecular weight excluding hydrogens is 286 g/mol. The number of carbonyl (C=O) groups is 1. The molecule has 4 rings (SSSR count). The molecule has 0 radical (unpaired) electrons. The quantitative estimate of drug-likeness (QED) is 0.798. The van der Waals surface area contributed by atoms with Gasteiger partial charge in [0.2, 0.25) is 0 Å². The van der Waals surface area contributed by atoms with E-state index in [0.29, 0.717) is 0 Å². The monoisotopic (exact) mass is 301 g/mol. The maximum atomic E-state index is 11.6. The molecular formula is C20H15NO2. The van der Waals surface area contributed by atoms with Crippen LogP contribution in [0.3, 0.4) is 0 Å². The molecule has 0 aromatic heterocycles. The molecule has 1 heterocycles. The van der Waals surface area contributed by atoms with Crippen LogP contribution in [0.15, 0.2) is 77.8 Å². The first-order valence-corrected chi connectivity index (χ1v) is 7.59. The van der Waals surface area contributed by atoms with Gasteiger partial charge in [0.05, 0.1) is 11.6 Å². The maximum Gasteiger partial charge on any atom is 0.329 e. The van der Waals surface area contributed by atoms with E-state index in [0.717, 1.165) is 27.6 Å². The number of fused-ring (bicyclic) bond motifs is 1. The highest BCUT2D eigenvalue weighted by atomic mass is 16.4. The van der Waals surface area contributed by atoms with Crippen LogP contribution in [0.5, 0.6) is 0 Å². The Kier molecular flexibility index (Phi) is 3.19. The number of hydrogen-bond acceptors (Lipinski definition) is 2. The lowest BCUT2D eigenvalue weighted by Crippen LogP contribution is -2.41. The molecule has 23 heavy (non-hydrogen) atoms. The van der Waals surface area contributed by atoms with Crippen molar-refractivity contribution >= 4 is 22.5 Å². The zero-order chi connectivity index (χ0) is 15.8. The van der Waals surface area contributed by atoms with Crippen LogP contribution in [0.2, 0.25) is 0 Å². The number of benzene rings is 3. The Labute approximate surface area is 133 Å². The number of carboxylic acids is 1. The fraction of sp³-hybridized carbons (Fsp3) is 0.100. The van der Waals surface area contributed by atoms with E-state index < -0.39 is 12.0 Å². The summed E-state index contributed by atoms with van der Waals surface area (Å²) in [6.07, 6.45) is 0. The normalized spacial score (nSPS) is 19.9. The van der Waals surface area contributed by atoms with Crippen LogP contribution in [0.25, 0.3) is 10.8 Å². The van der Waals surface area contributed by atoms with Crippen molar-refractivity contribution in [1.82, 2.24) is 0 Å². The molecule has 1 aliphatic heterocycles. The van der Waals surface area contributed by atoms with Gasteiger partial charge in [0.15, 0.2) is 6.04 Å². The van der Waals surface area contributed by atoms with E-state index in [-0.39, 0.29) is 5.92 Å². The summed E-state index contributed by atoms with van der Waals surface area (Å²) in [6.45, 7) is 0. The van der Waals surface area contributed by atoms with Crippen LogP contribution in [0, 0.1) is 0 Å². The van der Waals surface area contributed by atoms with Crippen LogP contribution in [0.4, 0.5) is 0 Å². The van der Waals surface area contributed by atoms with Gasteiger partial charge in [-0.2, -0.15) is 0 Å². The number of aliphatic imine (C=N–C) groups is 1. The number of rotatable bonds is 3. The van der Waals surface area contributed by atoms with Gasteiger partial charge >= 0.3 is 5.97 Å². The summed E-state index contributed by atoms with van der Waals surface area (Å²) >= 11 is 0. The SMILES string of the molecule is O=C(O)[C@@H]1N=C(c2ccccc2)[C@@H]1c1cccc2ccccc12. The number of carboxylic acid groups (broad SMARTS) is 1. The van der Waals surface area contributed by atoms with E-state index >= 15 is 0 Å². The van der Waals surface area contributed by atoms with Crippen molar-refractivity contribution in [1.29, 1.82) is 0 Å². The van der Waals surface area contributed by atoms with Gasteiger partial charge in [-0.05, 0) is 21.9 Å². The van der Waals surface area contributed by atoms with Gasteiger partial charge in [0.1, 0.15) is 0 Å². The molecule has 0 fully saturated rings. The van der Waals surface area contributed by atoms with Gasteiger partial charge in [-0.15, -0.1) is 0 Å². The van der Waals surface area contributed by atoms with Crippen LogP contribution in [-0.2, 0) is 4.79 Å². The number of nitrogens with zero attached hydrogens (tertiary/aromatic N) is 1. The number of hydrogen-bond donors (Lipinski definition) is 1. The van der Waals surface area contributed by atoms with Crippen molar-refractivity contribution < 1.29 is 9.90 Å². The second-order valence-electron chi connectivity index (χ2n) is 5.71. The molecule has 0 saturated heterocycles. The van der Waals surface area contributed by atoms with Crippen LogP contribution in [-0.4, -0.2) is 22.8 Å². The highest BCUT2D eigenvalue weighted by Gasteiger charge is 2.42. The van der Waals surface area contributed by atoms with Crippen molar-refractivity contribution in [2.24, 2.45) is 4.99 Å². The summed E-state index contributed by atoms with van der Waals surface area (Å²) in [5, 5.41) is 11.7. The van der Waals surface area contributed by atoms with Crippen LogP contribution in [0.1, 0.15) is 17.0 Å². The standard InChI is InChI=1S/C20H15NO2/c22-20(23)19-17(18(21-19)14-8-2-1-3-9-14)16-12-6-10-13-7-4-5-11-15(13)16/h1-12,17,19H,(H,22,23)/t17-,19+/m0/s1. The van der Waals surface area contributed by atoms with E-state index in [1.54, 1.807) is 0 Å². The fourth-order valence-electron chi connectivity index (χ4n) is 3.27. The minimum atomic E-state index is -0.873. The van der Waals surface area contributed by atoms with Crippen molar-refractivity contribution in [2.45, 2.75) is 12.0 Å². The Bertz CT molecular complexity index is 910. The molecule has 2 atom stereocenters. The van der Waals surface area contributed by atoms with E-state index in [4.69, 9.17) is 0 Å². The minimum absolute atomic E-state index is 0.207. The predicted molar refractivity (Wildman–Crippen MR) is 91.1 cm³/mol. The second kappa shape index (κ2) is 5.36. The van der Waals surface area contributed by atoms with Crippen molar-refractivity contribution in [3.8, 4) is 0 Å². The van der Waals surface area contributed by atoms with Gasteiger partial charge in [-0.1, -0.05) is 72.8 Å². The van der Waals surface area contributed by atoms with Gasteiger partial charge in [-0.3, -0.25) is 4.99 Å². The Hall–Kier alpha value is -2.94. The van der Waals surface area contributed by atoms with E-state index in [9.17, 15) is 9.90 Å². The molecule has 0 bridgehead atoms. The highest BCUT2D eigenvalue weighted by molar-refractivity contribution is 6.14. The van der Waals surface area contributed by atoms with Gasteiger partial charge < -0.3 is 5.11 Å². The molecule has 3 nitrogen and oxygen atoms in total. The van der Waals surface area contributed by atoms with Crippen LogP contribution >= 0.6 is 0 Å². The smallest absolute Gasteiger partial charge is 0.329 e. The lowest BCUT2D eigenvalue weighted by molar-refractivity contribution is -0.139. The zero-order valence-electron chi connectivity index (χ0n) is 12.4. The zero-order valence-corrected chi connectivity index (χ0v) is 12.4. The van der Waals surface area contributed by atoms with Gasteiger partial charge in [0.25, 0.3) is 0 Å².